The number of pyridine rings is 1. The normalized spacial score (nSPS) is 10.4. The quantitative estimate of drug-likeness (QED) is 0.569. The number of hydrogen-bond acceptors (Lipinski definition) is 3. The molecule has 0 aliphatic carbocycles. The second-order valence-electron chi connectivity index (χ2n) is 4.39. The van der Waals surface area contributed by atoms with Gasteiger partial charge in [0.15, 0.2) is 0 Å². The van der Waals surface area contributed by atoms with Gasteiger partial charge in [-0.05, 0) is 36.4 Å². The predicted octanol–water partition coefficient (Wildman–Crippen LogP) is 1.98. The number of anilines is 1. The topological polar surface area (TPSA) is 56.2 Å². The Hall–Kier alpha value is -2.88. The van der Waals surface area contributed by atoms with Crippen LogP contribution in [0.5, 0.6) is 0 Å². The molecule has 0 radical (unpaired) electrons. The van der Waals surface area contributed by atoms with Crippen LogP contribution in [0.15, 0.2) is 66.9 Å². The third-order valence-electron chi connectivity index (χ3n) is 3.00. The molecule has 0 saturated carbocycles. The van der Waals surface area contributed by atoms with Crippen LogP contribution in [0.3, 0.4) is 0 Å². The van der Waals surface area contributed by atoms with Crippen LogP contribution in [0.25, 0.3) is 10.9 Å². The van der Waals surface area contributed by atoms with Crippen molar-refractivity contribution in [1.29, 1.82) is 0 Å². The lowest BCUT2D eigenvalue weighted by Crippen LogP contribution is -2.46. The highest BCUT2D eigenvalue weighted by Crippen LogP contribution is 2.08. The summed E-state index contributed by atoms with van der Waals surface area (Å²) in [5.41, 5.74) is 7.50. The Kier molecular flexibility index (Phi) is 3.05. The van der Waals surface area contributed by atoms with Gasteiger partial charge in [0, 0.05) is 22.6 Å². The molecule has 0 atom stereocenters. The number of para-hydroxylation sites is 1. The third-order valence-corrected chi connectivity index (χ3v) is 3.00. The lowest BCUT2D eigenvalue weighted by molar-refractivity contribution is -0.847. The van der Waals surface area contributed by atoms with E-state index in [0.717, 1.165) is 10.9 Å². The van der Waals surface area contributed by atoms with Crippen LogP contribution in [0.2, 0.25) is 0 Å². The lowest BCUT2D eigenvalue weighted by Gasteiger charge is -2.00. The first kappa shape index (κ1) is 12.2. The zero-order valence-corrected chi connectivity index (χ0v) is 10.7. The van der Waals surface area contributed by atoms with E-state index < -0.39 is 5.97 Å². The number of carbonyl (C=O) groups is 1. The van der Waals surface area contributed by atoms with Gasteiger partial charge in [0.05, 0.1) is 10.9 Å². The van der Waals surface area contributed by atoms with Crippen molar-refractivity contribution in [2.45, 2.75) is 0 Å². The minimum Gasteiger partial charge on any atom is -0.399 e. The summed E-state index contributed by atoms with van der Waals surface area (Å²) >= 11 is 0. The zero-order chi connectivity index (χ0) is 13.9. The standard InChI is InChI=1S/C16H12N2O2/c17-14-9-7-13(8-10-14)16(19)20-18-11-3-5-12-4-1-2-6-15(12)18/h1-11H,(H-,17,19)/p+1. The van der Waals surface area contributed by atoms with Crippen molar-refractivity contribution in [3.8, 4) is 0 Å². The number of nitrogens with zero attached hydrogens (tertiary/aromatic N) is 1. The van der Waals surface area contributed by atoms with Crippen LogP contribution < -0.4 is 15.3 Å². The van der Waals surface area contributed by atoms with E-state index in [1.807, 2.05) is 36.4 Å². The Morgan fingerprint density at radius 2 is 1.65 bits per heavy atom. The van der Waals surface area contributed by atoms with E-state index in [2.05, 4.69) is 0 Å². The van der Waals surface area contributed by atoms with Crippen LogP contribution in [-0.4, -0.2) is 5.97 Å². The first-order valence-electron chi connectivity index (χ1n) is 6.22. The number of aromatic nitrogens is 1. The van der Waals surface area contributed by atoms with Crippen LogP contribution in [0.4, 0.5) is 5.69 Å². The average molecular weight is 265 g/mol. The summed E-state index contributed by atoms with van der Waals surface area (Å²) in [6.07, 6.45) is 1.71. The number of rotatable bonds is 2. The molecule has 0 aliphatic rings. The predicted molar refractivity (Wildman–Crippen MR) is 75.9 cm³/mol. The second-order valence-corrected chi connectivity index (χ2v) is 4.39. The number of nitrogens with two attached hydrogens (primary N) is 1. The summed E-state index contributed by atoms with van der Waals surface area (Å²) in [6, 6.07) is 18.1. The average Bonchev–Trinajstić information content (AvgIpc) is 2.48. The molecular formula is C16H13N2O2+. The Bertz CT molecular complexity index is 762. The van der Waals surface area contributed by atoms with Gasteiger partial charge in [0.2, 0.25) is 6.20 Å². The van der Waals surface area contributed by atoms with Crippen molar-refractivity contribution in [2.75, 3.05) is 5.73 Å². The van der Waals surface area contributed by atoms with Gasteiger partial charge >= 0.3 is 5.97 Å². The maximum atomic E-state index is 12.1. The van der Waals surface area contributed by atoms with Crippen molar-refractivity contribution in [1.82, 2.24) is 0 Å². The van der Waals surface area contributed by atoms with Crippen molar-refractivity contribution < 1.29 is 14.4 Å². The van der Waals surface area contributed by atoms with E-state index in [-0.39, 0.29) is 0 Å². The summed E-state index contributed by atoms with van der Waals surface area (Å²) < 4.78 is 1.47. The highest BCUT2D eigenvalue weighted by Gasteiger charge is 2.16. The molecule has 0 spiro atoms. The molecule has 0 aliphatic heterocycles. The Morgan fingerprint density at radius 3 is 2.45 bits per heavy atom. The van der Waals surface area contributed by atoms with Crippen LogP contribution in [-0.2, 0) is 0 Å². The molecular weight excluding hydrogens is 252 g/mol. The van der Waals surface area contributed by atoms with E-state index in [1.54, 1.807) is 30.5 Å². The van der Waals surface area contributed by atoms with Crippen molar-refractivity contribution >= 4 is 22.6 Å². The lowest BCUT2D eigenvalue weighted by atomic mass is 10.2. The first-order valence-corrected chi connectivity index (χ1v) is 6.22. The van der Waals surface area contributed by atoms with Crippen molar-refractivity contribution in [3.05, 3.63) is 72.4 Å². The van der Waals surface area contributed by atoms with E-state index in [1.165, 1.54) is 4.73 Å². The number of nitrogen functional groups attached to an aromatic ring is 1. The van der Waals surface area contributed by atoms with E-state index >= 15 is 0 Å². The molecule has 0 unspecified atom stereocenters. The molecule has 0 saturated heterocycles. The zero-order valence-electron chi connectivity index (χ0n) is 10.7. The number of benzene rings is 2. The molecule has 20 heavy (non-hydrogen) atoms. The molecule has 0 bridgehead atoms. The molecule has 2 N–H and O–H groups in total. The molecule has 1 heterocycles. The molecule has 3 rings (SSSR count). The second kappa shape index (κ2) is 5.01. The number of hydrogen-bond donors (Lipinski definition) is 1. The summed E-state index contributed by atoms with van der Waals surface area (Å²) in [5, 5.41) is 1.00. The molecule has 1 aromatic heterocycles. The molecule has 2 aromatic carbocycles. The van der Waals surface area contributed by atoms with Gasteiger partial charge in [-0.3, -0.25) is 0 Å². The summed E-state index contributed by atoms with van der Waals surface area (Å²) in [5.74, 6) is -0.425. The third kappa shape index (κ3) is 2.31. The van der Waals surface area contributed by atoms with E-state index in [0.29, 0.717) is 11.3 Å². The molecule has 4 heteroatoms. The molecule has 3 aromatic rings. The van der Waals surface area contributed by atoms with Gasteiger partial charge in [0.1, 0.15) is 0 Å². The molecule has 0 amide bonds. The highest BCUT2D eigenvalue weighted by atomic mass is 16.7. The first-order chi connectivity index (χ1) is 9.74. The van der Waals surface area contributed by atoms with Crippen LogP contribution >= 0.6 is 0 Å². The summed E-state index contributed by atoms with van der Waals surface area (Å²) in [4.78, 5) is 17.5. The maximum absolute atomic E-state index is 12.1. The SMILES string of the molecule is Nc1ccc(C(=O)O[n+]2cccc3ccccc32)cc1. The summed E-state index contributed by atoms with van der Waals surface area (Å²) in [6.45, 7) is 0. The van der Waals surface area contributed by atoms with Crippen molar-refractivity contribution in [2.24, 2.45) is 0 Å². The fourth-order valence-corrected chi connectivity index (χ4v) is 1.98. The van der Waals surface area contributed by atoms with Gasteiger partial charge in [-0.15, -0.1) is 0 Å². The van der Waals surface area contributed by atoms with Crippen LogP contribution in [0, 0.1) is 0 Å². The highest BCUT2D eigenvalue weighted by molar-refractivity contribution is 5.89. The van der Waals surface area contributed by atoms with Gasteiger partial charge in [-0.25, -0.2) is 4.79 Å². The fraction of sp³-hybridized carbons (Fsp3) is 0. The van der Waals surface area contributed by atoms with Gasteiger partial charge < -0.3 is 5.73 Å². The Balaban J connectivity index is 1.93. The van der Waals surface area contributed by atoms with Gasteiger partial charge in [-0.1, -0.05) is 12.1 Å². The van der Waals surface area contributed by atoms with Gasteiger partial charge in [0.25, 0.3) is 5.52 Å². The Labute approximate surface area is 116 Å². The largest absolute Gasteiger partial charge is 0.411 e. The van der Waals surface area contributed by atoms with E-state index in [4.69, 9.17) is 10.6 Å². The van der Waals surface area contributed by atoms with Crippen LogP contribution in [0.1, 0.15) is 10.4 Å². The maximum Gasteiger partial charge on any atom is 0.411 e. The molecule has 0 fully saturated rings. The summed E-state index contributed by atoms with van der Waals surface area (Å²) in [7, 11) is 0. The fourth-order valence-electron chi connectivity index (χ4n) is 1.98. The smallest absolute Gasteiger partial charge is 0.399 e. The number of fused-ring (bicyclic) bond motifs is 1. The van der Waals surface area contributed by atoms with Crippen molar-refractivity contribution in [3.63, 3.8) is 0 Å². The minimum absolute atomic E-state index is 0.425. The Morgan fingerprint density at radius 1 is 0.950 bits per heavy atom. The molecule has 98 valence electrons. The minimum atomic E-state index is -0.425. The molecule has 4 nitrogen and oxygen atoms in total. The van der Waals surface area contributed by atoms with E-state index in [9.17, 15) is 4.79 Å². The van der Waals surface area contributed by atoms with Gasteiger partial charge in [-0.2, -0.15) is 4.84 Å². The monoisotopic (exact) mass is 265 g/mol. The number of carbonyl (C=O) groups excluding carboxylic acids is 1.